The van der Waals surface area contributed by atoms with E-state index in [1.807, 2.05) is 16.3 Å². The van der Waals surface area contributed by atoms with E-state index < -0.39 is 5.97 Å². The number of carbonyl (C=O) groups is 2. The average Bonchev–Trinajstić information content (AvgIpc) is 2.84. The summed E-state index contributed by atoms with van der Waals surface area (Å²) >= 11 is 1.57. The van der Waals surface area contributed by atoms with E-state index >= 15 is 0 Å². The van der Waals surface area contributed by atoms with Crippen molar-refractivity contribution < 1.29 is 14.7 Å². The highest BCUT2D eigenvalue weighted by molar-refractivity contribution is 7.10. The Hall–Kier alpha value is -1.62. The van der Waals surface area contributed by atoms with Gasteiger partial charge in [0.05, 0.1) is 6.54 Å². The topological polar surface area (TPSA) is 57.6 Å². The van der Waals surface area contributed by atoms with Crippen molar-refractivity contribution in [3.05, 3.63) is 28.0 Å². The van der Waals surface area contributed by atoms with Crippen molar-refractivity contribution >= 4 is 29.3 Å². The van der Waals surface area contributed by atoms with Crippen LogP contribution in [0.15, 0.2) is 17.5 Å². The number of carboxylic acids is 1. The zero-order valence-corrected chi connectivity index (χ0v) is 12.2. The Bertz CT molecular complexity index is 507. The fourth-order valence-corrected chi connectivity index (χ4v) is 3.17. The molecule has 1 aliphatic rings. The first-order valence-electron chi connectivity index (χ1n) is 6.91. The number of rotatable bonds is 4. The average molecular weight is 293 g/mol. The summed E-state index contributed by atoms with van der Waals surface area (Å²) in [5, 5.41) is 10.5. The van der Waals surface area contributed by atoms with Gasteiger partial charge in [0.1, 0.15) is 0 Å². The van der Waals surface area contributed by atoms with Crippen LogP contribution in [0.5, 0.6) is 0 Å². The molecule has 1 saturated heterocycles. The molecule has 1 aromatic rings. The third-order valence-electron chi connectivity index (χ3n) is 3.36. The van der Waals surface area contributed by atoms with Crippen molar-refractivity contribution in [2.75, 3.05) is 6.54 Å². The van der Waals surface area contributed by atoms with Gasteiger partial charge in [-0.2, -0.15) is 0 Å². The molecule has 1 fully saturated rings. The highest BCUT2D eigenvalue weighted by Gasteiger charge is 2.16. The van der Waals surface area contributed by atoms with E-state index in [1.54, 1.807) is 17.4 Å². The zero-order chi connectivity index (χ0) is 14.4. The maximum atomic E-state index is 12.0. The SMILES string of the molecule is O=C(O)C=Cc1csc(CN2CCCCCCC2=O)c1. The van der Waals surface area contributed by atoms with E-state index in [9.17, 15) is 9.59 Å². The van der Waals surface area contributed by atoms with Crippen LogP contribution in [0.25, 0.3) is 6.08 Å². The van der Waals surface area contributed by atoms with Crippen molar-refractivity contribution in [3.63, 3.8) is 0 Å². The van der Waals surface area contributed by atoms with Crippen molar-refractivity contribution in [2.45, 2.75) is 38.6 Å². The number of hydrogen-bond donors (Lipinski definition) is 1. The van der Waals surface area contributed by atoms with Gasteiger partial charge in [-0.3, -0.25) is 4.79 Å². The van der Waals surface area contributed by atoms with Crippen LogP contribution in [0, 0.1) is 0 Å². The number of carbonyl (C=O) groups excluding carboxylic acids is 1. The van der Waals surface area contributed by atoms with Gasteiger partial charge >= 0.3 is 5.97 Å². The van der Waals surface area contributed by atoms with Crippen LogP contribution >= 0.6 is 11.3 Å². The summed E-state index contributed by atoms with van der Waals surface area (Å²) < 4.78 is 0. The largest absolute Gasteiger partial charge is 0.478 e. The van der Waals surface area contributed by atoms with Crippen molar-refractivity contribution in [3.8, 4) is 0 Å². The number of aliphatic carboxylic acids is 1. The summed E-state index contributed by atoms with van der Waals surface area (Å²) in [4.78, 5) is 25.5. The van der Waals surface area contributed by atoms with E-state index in [1.165, 1.54) is 6.42 Å². The second kappa shape index (κ2) is 7.24. The molecule has 0 saturated carbocycles. The van der Waals surface area contributed by atoms with E-state index in [4.69, 9.17) is 5.11 Å². The van der Waals surface area contributed by atoms with Crippen LogP contribution in [0.1, 0.15) is 42.5 Å². The van der Waals surface area contributed by atoms with Crippen LogP contribution in [-0.2, 0) is 16.1 Å². The molecule has 108 valence electrons. The molecule has 0 aromatic carbocycles. The molecule has 1 aliphatic heterocycles. The van der Waals surface area contributed by atoms with Gasteiger partial charge in [-0.05, 0) is 35.9 Å². The first-order chi connectivity index (χ1) is 9.65. The van der Waals surface area contributed by atoms with Crippen molar-refractivity contribution in [1.29, 1.82) is 0 Å². The molecule has 0 atom stereocenters. The molecule has 2 rings (SSSR count). The molecule has 0 aliphatic carbocycles. The Morgan fingerprint density at radius 3 is 2.95 bits per heavy atom. The van der Waals surface area contributed by atoms with Gasteiger partial charge < -0.3 is 10.0 Å². The smallest absolute Gasteiger partial charge is 0.328 e. The first-order valence-corrected chi connectivity index (χ1v) is 7.79. The van der Waals surface area contributed by atoms with E-state index in [2.05, 4.69) is 0 Å². The Balaban J connectivity index is 1.97. The summed E-state index contributed by atoms with van der Waals surface area (Å²) in [6.45, 7) is 1.47. The van der Waals surface area contributed by atoms with Gasteiger partial charge in [-0.1, -0.05) is 12.8 Å². The van der Waals surface area contributed by atoms with E-state index in [0.29, 0.717) is 13.0 Å². The molecule has 2 heterocycles. The molecule has 1 amide bonds. The molecule has 0 spiro atoms. The number of carboxylic acid groups (broad SMARTS) is 1. The molecule has 5 heteroatoms. The predicted octanol–water partition coefficient (Wildman–Crippen LogP) is 3.14. The quantitative estimate of drug-likeness (QED) is 0.868. The van der Waals surface area contributed by atoms with Crippen LogP contribution in [0.2, 0.25) is 0 Å². The van der Waals surface area contributed by atoms with Gasteiger partial charge in [0, 0.05) is 23.9 Å². The third kappa shape index (κ3) is 4.49. The van der Waals surface area contributed by atoms with E-state index in [0.717, 1.165) is 42.3 Å². The van der Waals surface area contributed by atoms with Crippen molar-refractivity contribution in [1.82, 2.24) is 4.90 Å². The molecule has 4 nitrogen and oxygen atoms in total. The fourth-order valence-electron chi connectivity index (χ4n) is 2.31. The molecule has 0 radical (unpaired) electrons. The standard InChI is InChI=1S/C15H19NO3S/c17-14-5-3-1-2-4-8-16(14)10-13-9-12(11-20-13)6-7-15(18)19/h6-7,9,11H,1-5,8,10H2,(H,18,19). The maximum Gasteiger partial charge on any atom is 0.328 e. The lowest BCUT2D eigenvalue weighted by Gasteiger charge is -2.24. The van der Waals surface area contributed by atoms with Gasteiger partial charge in [-0.15, -0.1) is 11.3 Å². The highest BCUT2D eigenvalue weighted by Crippen LogP contribution is 2.20. The fraction of sp³-hybridized carbons (Fsp3) is 0.467. The number of nitrogens with zero attached hydrogens (tertiary/aromatic N) is 1. The minimum Gasteiger partial charge on any atom is -0.478 e. The Kier molecular flexibility index (Phi) is 5.35. The monoisotopic (exact) mass is 293 g/mol. The highest BCUT2D eigenvalue weighted by atomic mass is 32.1. The third-order valence-corrected chi connectivity index (χ3v) is 4.30. The van der Waals surface area contributed by atoms with Gasteiger partial charge in [0.15, 0.2) is 0 Å². The lowest BCUT2D eigenvalue weighted by molar-refractivity contribution is -0.132. The summed E-state index contributed by atoms with van der Waals surface area (Å²) in [5.41, 5.74) is 0.881. The van der Waals surface area contributed by atoms with Crippen LogP contribution in [0.3, 0.4) is 0 Å². The first kappa shape index (κ1) is 14.8. The summed E-state index contributed by atoms with van der Waals surface area (Å²) in [6.07, 6.45) is 7.78. The predicted molar refractivity (Wildman–Crippen MR) is 79.5 cm³/mol. The Morgan fingerprint density at radius 1 is 1.35 bits per heavy atom. The van der Waals surface area contributed by atoms with Gasteiger partial charge in [0.25, 0.3) is 0 Å². The van der Waals surface area contributed by atoms with Crippen LogP contribution in [0.4, 0.5) is 0 Å². The zero-order valence-electron chi connectivity index (χ0n) is 11.4. The number of hydrogen-bond acceptors (Lipinski definition) is 3. The second-order valence-electron chi connectivity index (χ2n) is 5.00. The minimum absolute atomic E-state index is 0.237. The van der Waals surface area contributed by atoms with E-state index in [-0.39, 0.29) is 5.91 Å². The minimum atomic E-state index is -0.948. The molecule has 0 unspecified atom stereocenters. The number of likely N-dealkylation sites (tertiary alicyclic amines) is 1. The summed E-state index contributed by atoms with van der Waals surface area (Å²) in [6, 6.07) is 1.95. The van der Waals surface area contributed by atoms with Gasteiger partial charge in [0.2, 0.25) is 5.91 Å². The van der Waals surface area contributed by atoms with Crippen LogP contribution < -0.4 is 0 Å². The number of thiophene rings is 1. The lowest BCUT2D eigenvalue weighted by atomic mass is 10.1. The molecule has 1 N–H and O–H groups in total. The second-order valence-corrected chi connectivity index (χ2v) is 5.99. The molecule has 1 aromatic heterocycles. The molecular weight excluding hydrogens is 274 g/mol. The normalized spacial score (nSPS) is 17.2. The van der Waals surface area contributed by atoms with Crippen molar-refractivity contribution in [2.24, 2.45) is 0 Å². The molecule has 0 bridgehead atoms. The molecule has 20 heavy (non-hydrogen) atoms. The summed E-state index contributed by atoms with van der Waals surface area (Å²) in [5.74, 6) is -0.711. The van der Waals surface area contributed by atoms with Crippen LogP contribution in [-0.4, -0.2) is 28.4 Å². The maximum absolute atomic E-state index is 12.0. The number of amides is 1. The summed E-state index contributed by atoms with van der Waals surface area (Å²) in [7, 11) is 0. The Labute approximate surface area is 122 Å². The molecular formula is C15H19NO3S. The van der Waals surface area contributed by atoms with Gasteiger partial charge in [-0.25, -0.2) is 4.79 Å². The Morgan fingerprint density at radius 2 is 2.15 bits per heavy atom. The lowest BCUT2D eigenvalue weighted by Crippen LogP contribution is -2.32.